The molecule has 0 fully saturated rings. The van der Waals surface area contributed by atoms with E-state index in [0.29, 0.717) is 18.7 Å². The molecule has 0 unspecified atom stereocenters. The first kappa shape index (κ1) is 18.6. The molecule has 0 bridgehead atoms. The molecule has 25 heavy (non-hydrogen) atoms. The van der Waals surface area contributed by atoms with E-state index in [1.165, 1.54) is 13.0 Å². The molecule has 0 amide bonds. The molecule has 1 heterocycles. The molecule has 0 radical (unpaired) electrons. The van der Waals surface area contributed by atoms with Crippen molar-refractivity contribution in [1.82, 2.24) is 9.88 Å². The smallest absolute Gasteiger partial charge is 0.258 e. The Kier molecular flexibility index (Phi) is 5.87. The SMILES string of the molecule is Cc1c(F)c(NCCN(C)C)nc(Oc2cccc(C(=N)N)c2)c1F. The summed E-state index contributed by atoms with van der Waals surface area (Å²) in [6, 6.07) is 6.31. The van der Waals surface area contributed by atoms with Crippen LogP contribution in [0.4, 0.5) is 14.6 Å². The van der Waals surface area contributed by atoms with Gasteiger partial charge in [0, 0.05) is 24.2 Å². The van der Waals surface area contributed by atoms with E-state index in [-0.39, 0.29) is 28.8 Å². The number of anilines is 1. The first-order chi connectivity index (χ1) is 11.8. The second kappa shape index (κ2) is 7.89. The second-order valence-corrected chi connectivity index (χ2v) is 5.79. The maximum Gasteiger partial charge on any atom is 0.258 e. The van der Waals surface area contributed by atoms with Gasteiger partial charge < -0.3 is 20.7 Å². The summed E-state index contributed by atoms with van der Waals surface area (Å²) in [5.74, 6) is -1.92. The number of nitrogens with one attached hydrogen (secondary N) is 2. The first-order valence-corrected chi connectivity index (χ1v) is 7.66. The predicted molar refractivity (Wildman–Crippen MR) is 93.5 cm³/mol. The van der Waals surface area contributed by atoms with Crippen LogP contribution in [0.15, 0.2) is 24.3 Å². The number of amidine groups is 1. The van der Waals surface area contributed by atoms with Crippen molar-refractivity contribution < 1.29 is 13.5 Å². The summed E-state index contributed by atoms with van der Waals surface area (Å²) in [7, 11) is 3.77. The lowest BCUT2D eigenvalue weighted by molar-refractivity contribution is 0.412. The van der Waals surface area contributed by atoms with Crippen LogP contribution in [-0.4, -0.2) is 42.9 Å². The molecule has 1 aromatic carbocycles. The number of nitrogens with zero attached hydrogens (tertiary/aromatic N) is 2. The molecule has 0 spiro atoms. The number of ether oxygens (including phenoxy) is 1. The number of rotatable bonds is 7. The summed E-state index contributed by atoms with van der Waals surface area (Å²) in [5, 5.41) is 10.3. The molecule has 8 heteroatoms. The Balaban J connectivity index is 2.29. The lowest BCUT2D eigenvalue weighted by Gasteiger charge is -2.14. The monoisotopic (exact) mass is 349 g/mol. The third kappa shape index (κ3) is 4.63. The van der Waals surface area contributed by atoms with E-state index in [1.807, 2.05) is 19.0 Å². The van der Waals surface area contributed by atoms with Crippen molar-refractivity contribution in [2.24, 2.45) is 5.73 Å². The highest BCUT2D eigenvalue weighted by Crippen LogP contribution is 2.29. The zero-order valence-corrected chi connectivity index (χ0v) is 14.4. The summed E-state index contributed by atoms with van der Waals surface area (Å²) in [5.41, 5.74) is 5.68. The summed E-state index contributed by atoms with van der Waals surface area (Å²) >= 11 is 0. The number of aromatic nitrogens is 1. The van der Waals surface area contributed by atoms with E-state index in [4.69, 9.17) is 15.9 Å². The first-order valence-electron chi connectivity index (χ1n) is 7.66. The lowest BCUT2D eigenvalue weighted by Crippen LogP contribution is -2.22. The molecule has 0 saturated heterocycles. The van der Waals surface area contributed by atoms with Crippen LogP contribution in [0.5, 0.6) is 11.6 Å². The van der Waals surface area contributed by atoms with Crippen LogP contribution in [0.1, 0.15) is 11.1 Å². The molecule has 0 atom stereocenters. The lowest BCUT2D eigenvalue weighted by atomic mass is 10.2. The fourth-order valence-corrected chi connectivity index (χ4v) is 2.06. The van der Waals surface area contributed by atoms with E-state index < -0.39 is 11.6 Å². The topological polar surface area (TPSA) is 87.3 Å². The molecule has 2 aromatic rings. The Morgan fingerprint density at radius 3 is 2.68 bits per heavy atom. The van der Waals surface area contributed by atoms with Crippen molar-refractivity contribution in [2.45, 2.75) is 6.92 Å². The van der Waals surface area contributed by atoms with Crippen LogP contribution in [0.25, 0.3) is 0 Å². The van der Waals surface area contributed by atoms with Crippen molar-refractivity contribution >= 4 is 11.7 Å². The third-order valence-electron chi connectivity index (χ3n) is 3.48. The Morgan fingerprint density at radius 2 is 2.04 bits per heavy atom. The average molecular weight is 349 g/mol. The molecule has 2 rings (SSSR count). The maximum atomic E-state index is 14.3. The van der Waals surface area contributed by atoms with Crippen molar-refractivity contribution in [3.63, 3.8) is 0 Å². The van der Waals surface area contributed by atoms with Gasteiger partial charge in [-0.2, -0.15) is 4.98 Å². The van der Waals surface area contributed by atoms with Gasteiger partial charge in [-0.15, -0.1) is 0 Å². The average Bonchev–Trinajstić information content (AvgIpc) is 2.56. The van der Waals surface area contributed by atoms with Crippen LogP contribution in [0.2, 0.25) is 0 Å². The normalized spacial score (nSPS) is 10.8. The third-order valence-corrected chi connectivity index (χ3v) is 3.48. The van der Waals surface area contributed by atoms with Gasteiger partial charge >= 0.3 is 0 Å². The molecular formula is C17H21F2N5O. The quantitative estimate of drug-likeness (QED) is 0.528. The number of halogens is 2. The van der Waals surface area contributed by atoms with Crippen LogP contribution < -0.4 is 15.8 Å². The maximum absolute atomic E-state index is 14.3. The number of nitrogen functional groups attached to an aromatic ring is 1. The zero-order valence-electron chi connectivity index (χ0n) is 14.4. The van der Waals surface area contributed by atoms with Gasteiger partial charge in [0.2, 0.25) is 0 Å². The molecule has 0 saturated carbocycles. The second-order valence-electron chi connectivity index (χ2n) is 5.79. The summed E-state index contributed by atoms with van der Waals surface area (Å²) in [4.78, 5) is 5.84. The number of nitrogens with two attached hydrogens (primary N) is 1. The largest absolute Gasteiger partial charge is 0.436 e. The van der Waals surface area contributed by atoms with Crippen LogP contribution in [0, 0.1) is 24.0 Å². The van der Waals surface area contributed by atoms with Gasteiger partial charge in [0.1, 0.15) is 11.6 Å². The molecule has 4 N–H and O–H groups in total. The van der Waals surface area contributed by atoms with E-state index in [0.717, 1.165) is 0 Å². The van der Waals surface area contributed by atoms with Gasteiger partial charge in [-0.05, 0) is 33.2 Å². The van der Waals surface area contributed by atoms with E-state index >= 15 is 0 Å². The zero-order chi connectivity index (χ0) is 18.6. The summed E-state index contributed by atoms with van der Waals surface area (Å²) < 4.78 is 34.0. The van der Waals surface area contributed by atoms with Crippen molar-refractivity contribution in [3.05, 3.63) is 47.0 Å². The van der Waals surface area contributed by atoms with Crippen LogP contribution in [0.3, 0.4) is 0 Å². The summed E-state index contributed by atoms with van der Waals surface area (Å²) in [6.07, 6.45) is 0. The molecule has 0 aliphatic heterocycles. The van der Waals surface area contributed by atoms with Gasteiger partial charge in [-0.3, -0.25) is 5.41 Å². The molecule has 0 aliphatic rings. The van der Waals surface area contributed by atoms with Crippen LogP contribution >= 0.6 is 0 Å². The minimum absolute atomic E-state index is 0.0709. The highest BCUT2D eigenvalue weighted by molar-refractivity contribution is 5.95. The molecule has 134 valence electrons. The Labute approximate surface area is 145 Å². The van der Waals surface area contributed by atoms with Gasteiger partial charge in [-0.1, -0.05) is 12.1 Å². The van der Waals surface area contributed by atoms with Gasteiger partial charge in [0.25, 0.3) is 5.88 Å². The molecular weight excluding hydrogens is 328 g/mol. The number of benzene rings is 1. The summed E-state index contributed by atoms with van der Waals surface area (Å²) in [6.45, 7) is 2.43. The van der Waals surface area contributed by atoms with Gasteiger partial charge in [0.05, 0.1) is 0 Å². The fourth-order valence-electron chi connectivity index (χ4n) is 2.06. The van der Waals surface area contributed by atoms with E-state index in [9.17, 15) is 8.78 Å². The number of likely N-dealkylation sites (N-methyl/N-ethyl adjacent to an activating group) is 1. The van der Waals surface area contributed by atoms with Crippen LogP contribution in [-0.2, 0) is 0 Å². The van der Waals surface area contributed by atoms with E-state index in [1.54, 1.807) is 18.2 Å². The molecule has 1 aromatic heterocycles. The van der Waals surface area contributed by atoms with Crippen molar-refractivity contribution in [1.29, 1.82) is 5.41 Å². The van der Waals surface area contributed by atoms with Crippen molar-refractivity contribution in [2.75, 3.05) is 32.5 Å². The highest BCUT2D eigenvalue weighted by atomic mass is 19.1. The highest BCUT2D eigenvalue weighted by Gasteiger charge is 2.19. The Morgan fingerprint density at radius 1 is 1.32 bits per heavy atom. The van der Waals surface area contributed by atoms with E-state index in [2.05, 4.69) is 10.3 Å². The van der Waals surface area contributed by atoms with Crippen molar-refractivity contribution in [3.8, 4) is 11.6 Å². The minimum Gasteiger partial charge on any atom is -0.436 e. The standard InChI is InChI=1S/C17H21F2N5O/c1-10-13(18)16(22-7-8-24(2)3)23-17(14(10)19)25-12-6-4-5-11(9-12)15(20)21/h4-6,9H,7-8H2,1-3H3,(H3,20,21)(H,22,23). The Bertz CT molecular complexity index is 780. The molecule has 6 nitrogen and oxygen atoms in total. The number of hydrogen-bond acceptors (Lipinski definition) is 5. The minimum atomic E-state index is -0.871. The molecule has 0 aliphatic carbocycles. The fraction of sp³-hybridized carbons (Fsp3) is 0.294. The predicted octanol–water partition coefficient (Wildman–Crippen LogP) is 2.72. The van der Waals surface area contributed by atoms with Gasteiger partial charge in [0.15, 0.2) is 17.5 Å². The number of pyridine rings is 1. The van der Waals surface area contributed by atoms with Gasteiger partial charge in [-0.25, -0.2) is 8.78 Å². The number of hydrogen-bond donors (Lipinski definition) is 3. The Hall–Kier alpha value is -2.74.